The third-order valence-electron chi connectivity index (χ3n) is 4.23. The zero-order chi connectivity index (χ0) is 14.8. The predicted molar refractivity (Wildman–Crippen MR) is 73.6 cm³/mol. The summed E-state index contributed by atoms with van der Waals surface area (Å²) in [6, 6.07) is 0. The Hall–Kier alpha value is -2.05. The largest absolute Gasteiger partial charge is 0.274 e. The lowest BCUT2D eigenvalue weighted by molar-refractivity contribution is -0.140. The Balaban J connectivity index is 1.75. The number of allylic oxidation sites excluding steroid dienone is 2. The number of aryl methyl sites for hydroxylation is 1. The predicted octanol–water partition coefficient (Wildman–Crippen LogP) is 0.924. The molecule has 1 aromatic heterocycles. The Bertz CT molecular complexity index is 554. The van der Waals surface area contributed by atoms with Crippen LogP contribution in [-0.2, 0) is 22.7 Å². The summed E-state index contributed by atoms with van der Waals surface area (Å²) in [5.41, 5.74) is 0. The maximum Gasteiger partial charge on any atom is 0.233 e. The number of hydrogen-bond donors (Lipinski definition) is 0. The number of carbonyl (C=O) groups is 2. The van der Waals surface area contributed by atoms with Gasteiger partial charge in [0.15, 0.2) is 5.82 Å². The van der Waals surface area contributed by atoms with Gasteiger partial charge in [-0.15, -0.1) is 5.10 Å². The SMILES string of the molecule is CCCCn1nnnc1CN1C(=O)C2CC=CCC2C1=O. The lowest BCUT2D eigenvalue weighted by atomic mass is 9.85. The fraction of sp³-hybridized carbons (Fsp3) is 0.643. The van der Waals surface area contributed by atoms with E-state index in [2.05, 4.69) is 22.4 Å². The summed E-state index contributed by atoms with van der Waals surface area (Å²) in [5, 5.41) is 11.5. The van der Waals surface area contributed by atoms with E-state index in [0.29, 0.717) is 25.2 Å². The highest BCUT2D eigenvalue weighted by molar-refractivity contribution is 6.05. The third kappa shape index (κ3) is 2.48. The molecule has 0 bridgehead atoms. The molecule has 1 saturated heterocycles. The molecule has 2 aliphatic rings. The molecule has 0 N–H and O–H groups in total. The van der Waals surface area contributed by atoms with Crippen LogP contribution in [0.1, 0.15) is 38.4 Å². The van der Waals surface area contributed by atoms with E-state index in [0.717, 1.165) is 12.8 Å². The quantitative estimate of drug-likeness (QED) is 0.595. The van der Waals surface area contributed by atoms with Crippen molar-refractivity contribution in [3.63, 3.8) is 0 Å². The molecule has 1 fully saturated rings. The topological polar surface area (TPSA) is 81.0 Å². The molecule has 1 aliphatic carbocycles. The Labute approximate surface area is 123 Å². The number of imide groups is 1. The molecule has 0 spiro atoms. The molecule has 0 radical (unpaired) electrons. The number of amides is 2. The Morgan fingerprint density at radius 1 is 1.19 bits per heavy atom. The summed E-state index contributed by atoms with van der Waals surface area (Å²) in [7, 11) is 0. The summed E-state index contributed by atoms with van der Waals surface area (Å²) in [6.07, 6.45) is 7.30. The van der Waals surface area contributed by atoms with Gasteiger partial charge >= 0.3 is 0 Å². The van der Waals surface area contributed by atoms with Gasteiger partial charge in [0.25, 0.3) is 0 Å². The minimum Gasteiger partial charge on any atom is -0.274 e. The van der Waals surface area contributed by atoms with Gasteiger partial charge in [-0.2, -0.15) is 0 Å². The highest BCUT2D eigenvalue weighted by Gasteiger charge is 2.47. The van der Waals surface area contributed by atoms with E-state index in [1.807, 2.05) is 12.2 Å². The van der Waals surface area contributed by atoms with Crippen LogP contribution in [0, 0.1) is 11.8 Å². The number of carbonyl (C=O) groups excluding carboxylic acids is 2. The van der Waals surface area contributed by atoms with Gasteiger partial charge in [0.2, 0.25) is 11.8 Å². The van der Waals surface area contributed by atoms with Gasteiger partial charge in [-0.3, -0.25) is 14.5 Å². The van der Waals surface area contributed by atoms with Gasteiger partial charge < -0.3 is 0 Å². The minimum absolute atomic E-state index is 0.0839. The second-order valence-corrected chi connectivity index (χ2v) is 5.59. The molecule has 0 saturated carbocycles. The number of aromatic nitrogens is 4. The first-order valence-corrected chi connectivity index (χ1v) is 7.47. The average Bonchev–Trinajstić information content (AvgIpc) is 3.04. The number of nitrogens with zero attached hydrogens (tertiary/aromatic N) is 5. The molecule has 21 heavy (non-hydrogen) atoms. The Morgan fingerprint density at radius 2 is 1.86 bits per heavy atom. The molecule has 1 aliphatic heterocycles. The van der Waals surface area contributed by atoms with E-state index >= 15 is 0 Å². The van der Waals surface area contributed by atoms with Gasteiger partial charge in [-0.1, -0.05) is 25.5 Å². The van der Waals surface area contributed by atoms with E-state index in [1.54, 1.807) is 4.68 Å². The third-order valence-corrected chi connectivity index (χ3v) is 4.23. The van der Waals surface area contributed by atoms with Gasteiger partial charge in [-0.05, 0) is 29.7 Å². The number of fused-ring (bicyclic) bond motifs is 1. The summed E-state index contributed by atoms with van der Waals surface area (Å²) >= 11 is 0. The molecule has 2 unspecified atom stereocenters. The van der Waals surface area contributed by atoms with Crippen molar-refractivity contribution >= 4 is 11.8 Å². The Morgan fingerprint density at radius 3 is 2.48 bits per heavy atom. The lowest BCUT2D eigenvalue weighted by Gasteiger charge is -2.14. The van der Waals surface area contributed by atoms with Gasteiger partial charge in [0.05, 0.1) is 18.4 Å². The van der Waals surface area contributed by atoms with Crippen molar-refractivity contribution in [2.45, 2.75) is 45.7 Å². The number of tetrazole rings is 1. The molecule has 112 valence electrons. The first-order valence-electron chi connectivity index (χ1n) is 7.47. The van der Waals surface area contributed by atoms with E-state index < -0.39 is 0 Å². The zero-order valence-electron chi connectivity index (χ0n) is 12.1. The van der Waals surface area contributed by atoms with Gasteiger partial charge in [-0.25, -0.2) is 4.68 Å². The van der Waals surface area contributed by atoms with Crippen LogP contribution in [0.2, 0.25) is 0 Å². The second-order valence-electron chi connectivity index (χ2n) is 5.59. The number of hydrogen-bond acceptors (Lipinski definition) is 5. The van der Waals surface area contributed by atoms with Gasteiger partial charge in [0.1, 0.15) is 0 Å². The van der Waals surface area contributed by atoms with E-state index in [4.69, 9.17) is 0 Å². The molecule has 2 heterocycles. The van der Waals surface area contributed by atoms with Crippen LogP contribution in [0.15, 0.2) is 12.2 Å². The summed E-state index contributed by atoms with van der Waals surface area (Å²) in [4.78, 5) is 26.1. The lowest BCUT2D eigenvalue weighted by Crippen LogP contribution is -2.32. The summed E-state index contributed by atoms with van der Waals surface area (Å²) in [5.74, 6) is 0.0282. The average molecular weight is 289 g/mol. The smallest absolute Gasteiger partial charge is 0.233 e. The molecule has 2 amide bonds. The van der Waals surface area contributed by atoms with Crippen LogP contribution in [0.25, 0.3) is 0 Å². The zero-order valence-corrected chi connectivity index (χ0v) is 12.1. The Kier molecular flexibility index (Phi) is 3.81. The maximum absolute atomic E-state index is 12.4. The van der Waals surface area contributed by atoms with Crippen molar-refractivity contribution in [3.8, 4) is 0 Å². The first-order chi connectivity index (χ1) is 10.2. The van der Waals surface area contributed by atoms with E-state index in [1.165, 1.54) is 4.90 Å². The molecule has 7 nitrogen and oxygen atoms in total. The standard InChI is InChI=1S/C14H19N5O2/c1-2-3-8-19-12(15-16-17-19)9-18-13(20)10-6-4-5-7-11(10)14(18)21/h4-5,10-11H,2-3,6-9H2,1H3. The number of likely N-dealkylation sites (tertiary alicyclic amines) is 1. The summed E-state index contributed by atoms with van der Waals surface area (Å²) < 4.78 is 1.68. The highest BCUT2D eigenvalue weighted by Crippen LogP contribution is 2.35. The first kappa shape index (κ1) is 13.9. The van der Waals surface area contributed by atoms with Crippen molar-refractivity contribution in [2.24, 2.45) is 11.8 Å². The molecular weight excluding hydrogens is 270 g/mol. The fourth-order valence-electron chi connectivity index (χ4n) is 2.98. The van der Waals surface area contributed by atoms with Crippen LogP contribution in [0.3, 0.4) is 0 Å². The second kappa shape index (κ2) is 5.75. The van der Waals surface area contributed by atoms with E-state index in [-0.39, 0.29) is 30.2 Å². The molecule has 7 heteroatoms. The van der Waals surface area contributed by atoms with Crippen LogP contribution >= 0.6 is 0 Å². The van der Waals surface area contributed by atoms with Crippen molar-refractivity contribution < 1.29 is 9.59 Å². The van der Waals surface area contributed by atoms with Crippen LogP contribution < -0.4 is 0 Å². The van der Waals surface area contributed by atoms with Crippen molar-refractivity contribution in [1.29, 1.82) is 0 Å². The van der Waals surface area contributed by atoms with Gasteiger partial charge in [0, 0.05) is 6.54 Å². The number of unbranched alkanes of at least 4 members (excludes halogenated alkanes) is 1. The number of rotatable bonds is 5. The maximum atomic E-state index is 12.4. The molecule has 3 rings (SSSR count). The monoisotopic (exact) mass is 289 g/mol. The highest BCUT2D eigenvalue weighted by atomic mass is 16.2. The van der Waals surface area contributed by atoms with Crippen molar-refractivity contribution in [2.75, 3.05) is 0 Å². The minimum atomic E-state index is -0.192. The normalized spacial score (nSPS) is 24.7. The van der Waals surface area contributed by atoms with Crippen molar-refractivity contribution in [3.05, 3.63) is 18.0 Å². The van der Waals surface area contributed by atoms with E-state index in [9.17, 15) is 9.59 Å². The molecular formula is C14H19N5O2. The van der Waals surface area contributed by atoms with Crippen LogP contribution in [0.4, 0.5) is 0 Å². The fourth-order valence-corrected chi connectivity index (χ4v) is 2.98. The molecule has 2 atom stereocenters. The molecule has 1 aromatic rings. The van der Waals surface area contributed by atoms with Crippen LogP contribution in [-0.4, -0.2) is 36.9 Å². The summed E-state index contributed by atoms with van der Waals surface area (Å²) in [6.45, 7) is 2.99. The van der Waals surface area contributed by atoms with Crippen LogP contribution in [0.5, 0.6) is 0 Å². The van der Waals surface area contributed by atoms with Crippen molar-refractivity contribution in [1.82, 2.24) is 25.1 Å². The molecule has 0 aromatic carbocycles.